The Labute approximate surface area is 140 Å². The molecule has 2 saturated carbocycles. The molecule has 122 valence electrons. The van der Waals surface area contributed by atoms with Crippen LogP contribution in [-0.2, 0) is 5.54 Å². The molecule has 5 nitrogen and oxygen atoms in total. The Bertz CT molecular complexity index is 747. The number of hydrogen-bond donors (Lipinski definition) is 1. The highest BCUT2D eigenvalue weighted by molar-refractivity contribution is 7.14. The van der Waals surface area contributed by atoms with Crippen LogP contribution in [0.1, 0.15) is 80.2 Å². The lowest BCUT2D eigenvalue weighted by atomic mass is 10.1. The summed E-state index contributed by atoms with van der Waals surface area (Å²) in [6.45, 7) is 6.21. The number of thiazole rings is 1. The molecule has 0 bridgehead atoms. The van der Waals surface area contributed by atoms with Gasteiger partial charge in [0.25, 0.3) is 5.91 Å². The number of carbonyl (C=O) groups is 1. The van der Waals surface area contributed by atoms with Gasteiger partial charge in [-0.15, -0.1) is 11.3 Å². The lowest BCUT2D eigenvalue weighted by Crippen LogP contribution is -2.29. The highest BCUT2D eigenvalue weighted by Gasteiger charge is 2.32. The zero-order valence-corrected chi connectivity index (χ0v) is 14.6. The molecule has 0 spiro atoms. The average Bonchev–Trinajstić information content (AvgIpc) is 3.41. The highest BCUT2D eigenvalue weighted by atomic mass is 32.1. The fourth-order valence-electron chi connectivity index (χ4n) is 2.72. The topological polar surface area (TPSA) is 59.8 Å². The molecular formula is C17H22N4OS. The Morgan fingerprint density at radius 2 is 1.87 bits per heavy atom. The molecule has 0 unspecified atom stereocenters. The quantitative estimate of drug-likeness (QED) is 0.918. The molecule has 2 fully saturated rings. The maximum Gasteiger partial charge on any atom is 0.275 e. The molecule has 1 amide bonds. The second kappa shape index (κ2) is 5.16. The van der Waals surface area contributed by atoms with Crippen molar-refractivity contribution < 1.29 is 4.79 Å². The lowest BCUT2D eigenvalue weighted by Gasteiger charge is -2.21. The minimum atomic E-state index is -0.220. The van der Waals surface area contributed by atoms with Crippen molar-refractivity contribution >= 4 is 22.4 Å². The molecule has 2 aliphatic carbocycles. The van der Waals surface area contributed by atoms with Crippen LogP contribution in [0.25, 0.3) is 0 Å². The normalized spacial score (nSPS) is 18.2. The van der Waals surface area contributed by atoms with Crippen LogP contribution in [0, 0.1) is 0 Å². The van der Waals surface area contributed by atoms with E-state index in [1.165, 1.54) is 37.0 Å². The van der Waals surface area contributed by atoms with E-state index in [9.17, 15) is 4.79 Å². The van der Waals surface area contributed by atoms with Gasteiger partial charge in [0.2, 0.25) is 0 Å². The summed E-state index contributed by atoms with van der Waals surface area (Å²) in [4.78, 5) is 17.3. The molecule has 0 aliphatic heterocycles. The third kappa shape index (κ3) is 3.04. The number of nitrogens with one attached hydrogen (secondary N) is 1. The lowest BCUT2D eigenvalue weighted by molar-refractivity contribution is 0.100. The molecule has 2 aromatic heterocycles. The van der Waals surface area contributed by atoms with Crippen molar-refractivity contribution in [2.24, 2.45) is 0 Å². The van der Waals surface area contributed by atoms with Gasteiger partial charge >= 0.3 is 0 Å². The van der Waals surface area contributed by atoms with Crippen molar-refractivity contribution in [3.05, 3.63) is 28.5 Å². The summed E-state index contributed by atoms with van der Waals surface area (Å²) >= 11 is 1.51. The molecule has 2 aliphatic rings. The fraction of sp³-hybridized carbons (Fsp3) is 0.588. The van der Waals surface area contributed by atoms with E-state index in [4.69, 9.17) is 0 Å². The molecule has 23 heavy (non-hydrogen) atoms. The van der Waals surface area contributed by atoms with Crippen molar-refractivity contribution in [3.8, 4) is 0 Å². The largest absolute Gasteiger partial charge is 0.296 e. The van der Waals surface area contributed by atoms with Crippen molar-refractivity contribution in [1.82, 2.24) is 14.8 Å². The monoisotopic (exact) mass is 330 g/mol. The molecule has 6 heteroatoms. The molecule has 0 aromatic carbocycles. The third-order valence-corrected chi connectivity index (χ3v) is 5.11. The number of carbonyl (C=O) groups excluding carboxylic acids is 1. The van der Waals surface area contributed by atoms with E-state index in [0.29, 0.717) is 22.7 Å². The van der Waals surface area contributed by atoms with E-state index >= 15 is 0 Å². The van der Waals surface area contributed by atoms with Gasteiger partial charge in [0.1, 0.15) is 5.69 Å². The number of amides is 1. The maximum atomic E-state index is 12.7. The molecule has 2 heterocycles. The van der Waals surface area contributed by atoms with Gasteiger partial charge in [0.05, 0.1) is 16.9 Å². The van der Waals surface area contributed by atoms with Gasteiger partial charge < -0.3 is 0 Å². The summed E-state index contributed by atoms with van der Waals surface area (Å²) in [7, 11) is 0. The standard InChI is InChI=1S/C17H22N4OS/c1-17(2,3)21-14(8-12(20-21)10-4-5-10)15(22)19-16-18-13(9-23-16)11-6-7-11/h8-11H,4-7H2,1-3H3,(H,18,19,22). The Hall–Kier alpha value is -1.69. The van der Waals surface area contributed by atoms with Crippen LogP contribution in [-0.4, -0.2) is 20.7 Å². The maximum absolute atomic E-state index is 12.7. The molecular weight excluding hydrogens is 308 g/mol. The van der Waals surface area contributed by atoms with Crippen LogP contribution < -0.4 is 5.32 Å². The molecule has 2 aromatic rings. The van der Waals surface area contributed by atoms with Crippen LogP contribution >= 0.6 is 11.3 Å². The van der Waals surface area contributed by atoms with Crippen LogP contribution in [0.2, 0.25) is 0 Å². The minimum absolute atomic E-state index is 0.115. The zero-order valence-electron chi connectivity index (χ0n) is 13.8. The van der Waals surface area contributed by atoms with Crippen molar-refractivity contribution in [2.75, 3.05) is 5.32 Å². The zero-order chi connectivity index (χ0) is 16.2. The SMILES string of the molecule is CC(C)(C)n1nc(C2CC2)cc1C(=O)Nc1nc(C2CC2)cs1. The number of hydrogen-bond acceptors (Lipinski definition) is 4. The van der Waals surface area contributed by atoms with Crippen LogP contribution in [0.3, 0.4) is 0 Å². The van der Waals surface area contributed by atoms with Gasteiger partial charge in [-0.1, -0.05) is 0 Å². The van der Waals surface area contributed by atoms with Crippen LogP contribution in [0.4, 0.5) is 5.13 Å². The summed E-state index contributed by atoms with van der Waals surface area (Å²) in [6.07, 6.45) is 4.80. The summed E-state index contributed by atoms with van der Waals surface area (Å²) in [5, 5.41) is 10.4. The van der Waals surface area contributed by atoms with Gasteiger partial charge in [0.15, 0.2) is 5.13 Å². The molecule has 0 atom stereocenters. The van der Waals surface area contributed by atoms with Gasteiger partial charge in [0, 0.05) is 17.2 Å². The number of rotatable bonds is 4. The minimum Gasteiger partial charge on any atom is -0.296 e. The predicted molar refractivity (Wildman–Crippen MR) is 91.2 cm³/mol. The van der Waals surface area contributed by atoms with E-state index in [0.717, 1.165) is 11.4 Å². The van der Waals surface area contributed by atoms with Crippen LogP contribution in [0.5, 0.6) is 0 Å². The summed E-state index contributed by atoms with van der Waals surface area (Å²) in [5.74, 6) is 1.03. The molecule has 1 N–H and O–H groups in total. The van der Waals surface area contributed by atoms with E-state index in [-0.39, 0.29) is 11.4 Å². The Balaban J connectivity index is 1.58. The number of nitrogens with zero attached hydrogens (tertiary/aromatic N) is 3. The molecule has 0 radical (unpaired) electrons. The summed E-state index contributed by atoms with van der Waals surface area (Å²) < 4.78 is 1.85. The van der Waals surface area contributed by atoms with Gasteiger partial charge in [-0.25, -0.2) is 4.98 Å². The third-order valence-electron chi connectivity index (χ3n) is 4.33. The second-order valence-corrected chi connectivity index (χ2v) is 8.48. The highest BCUT2D eigenvalue weighted by Crippen LogP contribution is 2.41. The second-order valence-electron chi connectivity index (χ2n) is 7.62. The Morgan fingerprint density at radius 3 is 2.48 bits per heavy atom. The van der Waals surface area contributed by atoms with Crippen molar-refractivity contribution in [3.63, 3.8) is 0 Å². The average molecular weight is 330 g/mol. The van der Waals surface area contributed by atoms with Crippen LogP contribution in [0.15, 0.2) is 11.4 Å². The first-order valence-corrected chi connectivity index (χ1v) is 9.17. The van der Waals surface area contributed by atoms with Gasteiger partial charge in [-0.05, 0) is 52.5 Å². The van der Waals surface area contributed by atoms with Crippen molar-refractivity contribution in [1.29, 1.82) is 0 Å². The smallest absolute Gasteiger partial charge is 0.275 e. The van der Waals surface area contributed by atoms with E-state index in [1.54, 1.807) is 0 Å². The first-order chi connectivity index (χ1) is 10.9. The fourth-order valence-corrected chi connectivity index (χ4v) is 3.51. The number of anilines is 1. The molecule has 4 rings (SSSR count). The summed E-state index contributed by atoms with van der Waals surface area (Å²) in [5.41, 5.74) is 2.57. The number of aromatic nitrogens is 3. The Morgan fingerprint density at radius 1 is 1.22 bits per heavy atom. The first kappa shape index (κ1) is 14.9. The van der Waals surface area contributed by atoms with Crippen molar-refractivity contribution in [2.45, 2.75) is 63.8 Å². The van der Waals surface area contributed by atoms with E-state index in [1.807, 2.05) is 10.7 Å². The molecule has 0 saturated heterocycles. The van der Waals surface area contributed by atoms with Gasteiger partial charge in [-0.3, -0.25) is 14.8 Å². The van der Waals surface area contributed by atoms with Gasteiger partial charge in [-0.2, -0.15) is 5.10 Å². The first-order valence-electron chi connectivity index (χ1n) is 8.29. The Kier molecular flexibility index (Phi) is 3.34. The predicted octanol–water partition coefficient (Wildman–Crippen LogP) is 4.10. The van der Waals surface area contributed by atoms with E-state index in [2.05, 4.69) is 41.6 Å². The summed E-state index contributed by atoms with van der Waals surface area (Å²) in [6, 6.07) is 1.95. The van der Waals surface area contributed by atoms with E-state index < -0.39 is 0 Å².